The first-order chi connectivity index (χ1) is 11.1. The molecular formula is C17H13BrN2O2S. The van der Waals surface area contributed by atoms with Crippen LogP contribution in [0.2, 0.25) is 0 Å². The minimum Gasteiger partial charge on any atom is -0.272 e. The Morgan fingerprint density at radius 2 is 1.78 bits per heavy atom. The van der Waals surface area contributed by atoms with Crippen molar-refractivity contribution in [2.75, 3.05) is 0 Å². The molecule has 0 spiro atoms. The minimum atomic E-state index is -0.271. The highest BCUT2D eigenvalue weighted by atomic mass is 79.9. The zero-order valence-electron chi connectivity index (χ0n) is 12.0. The fraction of sp³-hybridized carbons (Fsp3) is 0.0588. The SMILES string of the molecule is O=C1NN(C(=O)Cc2ccccc2)C(c2ccc(Br)cc2)=CS1. The van der Waals surface area contributed by atoms with Crippen LogP contribution in [-0.2, 0) is 11.2 Å². The highest BCUT2D eigenvalue weighted by Gasteiger charge is 2.25. The normalized spacial score (nSPS) is 14.2. The standard InChI is InChI=1S/C17H13BrN2O2S/c18-14-8-6-13(7-9-14)15-11-23-17(22)19-20(15)16(21)10-12-4-2-1-3-5-12/h1-9,11H,10H2,(H,19,22). The van der Waals surface area contributed by atoms with Gasteiger partial charge in [-0.15, -0.1) is 0 Å². The first kappa shape index (κ1) is 15.8. The molecule has 116 valence electrons. The molecule has 4 nitrogen and oxygen atoms in total. The second kappa shape index (κ2) is 7.02. The Morgan fingerprint density at radius 1 is 1.09 bits per heavy atom. The van der Waals surface area contributed by atoms with Crippen LogP contribution in [0.1, 0.15) is 11.1 Å². The van der Waals surface area contributed by atoms with E-state index in [0.717, 1.165) is 27.4 Å². The van der Waals surface area contributed by atoms with Crippen LogP contribution >= 0.6 is 27.7 Å². The number of thioether (sulfide) groups is 1. The molecule has 2 amide bonds. The van der Waals surface area contributed by atoms with Crippen LogP contribution in [0.25, 0.3) is 5.70 Å². The average molecular weight is 389 g/mol. The third-order valence-electron chi connectivity index (χ3n) is 3.31. The van der Waals surface area contributed by atoms with Crippen LogP contribution in [0.15, 0.2) is 64.5 Å². The third-order valence-corrected chi connectivity index (χ3v) is 4.48. The lowest BCUT2D eigenvalue weighted by molar-refractivity contribution is -0.128. The molecule has 6 heteroatoms. The van der Waals surface area contributed by atoms with Crippen LogP contribution < -0.4 is 5.43 Å². The van der Waals surface area contributed by atoms with Crippen LogP contribution in [-0.4, -0.2) is 16.2 Å². The van der Waals surface area contributed by atoms with Crippen molar-refractivity contribution in [3.05, 3.63) is 75.6 Å². The predicted molar refractivity (Wildman–Crippen MR) is 95.2 cm³/mol. The summed E-state index contributed by atoms with van der Waals surface area (Å²) in [4.78, 5) is 24.3. The lowest BCUT2D eigenvalue weighted by Gasteiger charge is -2.28. The molecule has 0 aromatic heterocycles. The van der Waals surface area contributed by atoms with E-state index in [1.807, 2.05) is 54.6 Å². The van der Waals surface area contributed by atoms with E-state index in [4.69, 9.17) is 0 Å². The molecule has 0 aliphatic carbocycles. The Balaban J connectivity index is 1.86. The highest BCUT2D eigenvalue weighted by molar-refractivity contribution is 9.10. The van der Waals surface area contributed by atoms with Crippen LogP contribution in [0, 0.1) is 0 Å². The Hall–Kier alpha value is -2.05. The van der Waals surface area contributed by atoms with Gasteiger partial charge < -0.3 is 0 Å². The molecule has 0 radical (unpaired) electrons. The van der Waals surface area contributed by atoms with E-state index in [2.05, 4.69) is 21.4 Å². The maximum atomic E-state index is 12.6. The van der Waals surface area contributed by atoms with Crippen molar-refractivity contribution in [2.45, 2.75) is 6.42 Å². The second-order valence-electron chi connectivity index (χ2n) is 4.92. The first-order valence-electron chi connectivity index (χ1n) is 6.94. The van der Waals surface area contributed by atoms with Gasteiger partial charge in [0.05, 0.1) is 12.1 Å². The molecule has 3 rings (SSSR count). The third kappa shape index (κ3) is 3.83. The molecule has 0 saturated carbocycles. The largest absolute Gasteiger partial charge is 0.302 e. The van der Waals surface area contributed by atoms with Crippen molar-refractivity contribution >= 4 is 44.5 Å². The number of carbonyl (C=O) groups is 2. The van der Waals surface area contributed by atoms with Gasteiger partial charge in [0.25, 0.3) is 0 Å². The number of halogens is 1. The summed E-state index contributed by atoms with van der Waals surface area (Å²) in [6.45, 7) is 0. The Bertz CT molecular complexity index is 760. The number of carbonyl (C=O) groups excluding carboxylic acids is 2. The number of hydrogen-bond acceptors (Lipinski definition) is 3. The summed E-state index contributed by atoms with van der Waals surface area (Å²) < 4.78 is 0.955. The number of nitrogens with zero attached hydrogens (tertiary/aromatic N) is 1. The van der Waals surface area contributed by atoms with Crippen molar-refractivity contribution in [3.63, 3.8) is 0 Å². The summed E-state index contributed by atoms with van der Waals surface area (Å²) >= 11 is 4.43. The van der Waals surface area contributed by atoms with E-state index in [9.17, 15) is 9.59 Å². The fourth-order valence-corrected chi connectivity index (χ4v) is 3.07. The highest BCUT2D eigenvalue weighted by Crippen LogP contribution is 2.27. The summed E-state index contributed by atoms with van der Waals surface area (Å²) in [7, 11) is 0. The van der Waals surface area contributed by atoms with Gasteiger partial charge >= 0.3 is 5.24 Å². The summed E-state index contributed by atoms with van der Waals surface area (Å²) in [5, 5.41) is 2.76. The number of nitrogens with one attached hydrogen (secondary N) is 1. The van der Waals surface area contributed by atoms with Crippen LogP contribution in [0.5, 0.6) is 0 Å². The molecule has 0 saturated heterocycles. The van der Waals surface area contributed by atoms with Gasteiger partial charge in [-0.25, -0.2) is 5.01 Å². The van der Waals surface area contributed by atoms with Crippen LogP contribution in [0.4, 0.5) is 4.79 Å². The monoisotopic (exact) mass is 388 g/mol. The Labute approximate surface area is 146 Å². The van der Waals surface area contributed by atoms with Crippen molar-refractivity contribution in [1.82, 2.24) is 10.4 Å². The number of hydrazine groups is 1. The van der Waals surface area contributed by atoms with Gasteiger partial charge in [-0.1, -0.05) is 58.4 Å². The van der Waals surface area contributed by atoms with Crippen molar-refractivity contribution < 1.29 is 9.59 Å². The fourth-order valence-electron chi connectivity index (χ4n) is 2.20. The van der Waals surface area contributed by atoms with Gasteiger partial charge in [-0.05, 0) is 29.5 Å². The van der Waals surface area contributed by atoms with Crippen molar-refractivity contribution in [2.24, 2.45) is 0 Å². The molecule has 2 aromatic carbocycles. The maximum Gasteiger partial charge on any atom is 0.302 e. The molecule has 23 heavy (non-hydrogen) atoms. The lowest BCUT2D eigenvalue weighted by atomic mass is 10.1. The van der Waals surface area contributed by atoms with E-state index >= 15 is 0 Å². The van der Waals surface area contributed by atoms with Gasteiger partial charge in [-0.3, -0.25) is 15.0 Å². The molecule has 1 heterocycles. The zero-order chi connectivity index (χ0) is 16.2. The van der Waals surface area contributed by atoms with Gasteiger partial charge in [0.2, 0.25) is 5.91 Å². The molecular weight excluding hydrogens is 376 g/mol. The summed E-state index contributed by atoms with van der Waals surface area (Å²) in [5.74, 6) is -0.181. The summed E-state index contributed by atoms with van der Waals surface area (Å²) in [5.41, 5.74) is 5.06. The molecule has 0 fully saturated rings. The number of rotatable bonds is 3. The van der Waals surface area contributed by atoms with Crippen molar-refractivity contribution in [3.8, 4) is 0 Å². The molecule has 1 aliphatic heterocycles. The average Bonchev–Trinajstić information content (AvgIpc) is 2.56. The first-order valence-corrected chi connectivity index (χ1v) is 8.61. The molecule has 0 bridgehead atoms. The topological polar surface area (TPSA) is 49.4 Å². The summed E-state index contributed by atoms with van der Waals surface area (Å²) in [6.07, 6.45) is 0.222. The van der Waals surface area contributed by atoms with Gasteiger partial charge in [0.1, 0.15) is 0 Å². The second-order valence-corrected chi connectivity index (χ2v) is 6.68. The molecule has 0 unspecified atom stereocenters. The number of hydrogen-bond donors (Lipinski definition) is 1. The van der Waals surface area contributed by atoms with Gasteiger partial charge in [-0.2, -0.15) is 0 Å². The van der Waals surface area contributed by atoms with Gasteiger partial charge in [0, 0.05) is 15.4 Å². The Kier molecular flexibility index (Phi) is 4.83. The van der Waals surface area contributed by atoms with E-state index in [0.29, 0.717) is 5.70 Å². The quantitative estimate of drug-likeness (QED) is 0.857. The zero-order valence-corrected chi connectivity index (χ0v) is 14.4. The van der Waals surface area contributed by atoms with Crippen LogP contribution in [0.3, 0.4) is 0 Å². The molecule has 2 aromatic rings. The van der Waals surface area contributed by atoms with E-state index in [1.165, 1.54) is 5.01 Å². The van der Waals surface area contributed by atoms with E-state index < -0.39 is 0 Å². The Morgan fingerprint density at radius 3 is 2.48 bits per heavy atom. The number of amides is 2. The number of benzene rings is 2. The molecule has 0 atom stereocenters. The predicted octanol–water partition coefficient (Wildman–Crippen LogP) is 4.19. The van der Waals surface area contributed by atoms with Gasteiger partial charge in [0.15, 0.2) is 0 Å². The van der Waals surface area contributed by atoms with E-state index in [1.54, 1.807) is 5.41 Å². The van der Waals surface area contributed by atoms with E-state index in [-0.39, 0.29) is 17.6 Å². The molecule has 1 aliphatic rings. The minimum absolute atomic E-state index is 0.181. The maximum absolute atomic E-state index is 12.6. The lowest BCUT2D eigenvalue weighted by Crippen LogP contribution is -2.45. The summed E-state index contributed by atoms with van der Waals surface area (Å²) in [6, 6.07) is 17.1. The smallest absolute Gasteiger partial charge is 0.272 e. The van der Waals surface area contributed by atoms with Crippen molar-refractivity contribution in [1.29, 1.82) is 0 Å². The molecule has 1 N–H and O–H groups in total.